The molecule has 0 spiro atoms. The van der Waals surface area contributed by atoms with Gasteiger partial charge in [-0.1, -0.05) is 35.9 Å². The smallest absolute Gasteiger partial charge is 0.342 e. The summed E-state index contributed by atoms with van der Waals surface area (Å²) in [7, 11) is 0. The van der Waals surface area contributed by atoms with Crippen LogP contribution in [0.3, 0.4) is 0 Å². The van der Waals surface area contributed by atoms with Crippen molar-refractivity contribution in [3.05, 3.63) is 76.4 Å². The van der Waals surface area contributed by atoms with Gasteiger partial charge in [0.15, 0.2) is 5.58 Å². The fraction of sp³-hybridized carbons (Fsp3) is 0. The zero-order valence-electron chi connectivity index (χ0n) is 13.8. The van der Waals surface area contributed by atoms with E-state index in [1.54, 1.807) is 36.4 Å². The van der Waals surface area contributed by atoms with Crippen LogP contribution in [0.1, 0.15) is 5.76 Å². The molecule has 0 saturated carbocycles. The first kappa shape index (κ1) is 17.5. The van der Waals surface area contributed by atoms with E-state index in [0.29, 0.717) is 27.6 Å². The Bertz CT molecular complexity index is 1130. The fourth-order valence-electron chi connectivity index (χ4n) is 2.48. The second kappa shape index (κ2) is 7.34. The third-order valence-corrected chi connectivity index (χ3v) is 4.79. The van der Waals surface area contributed by atoms with E-state index in [1.807, 2.05) is 24.3 Å². The number of aromatic nitrogens is 1. The third-order valence-electron chi connectivity index (χ3n) is 3.69. The highest BCUT2D eigenvalue weighted by molar-refractivity contribution is 8.03. The SMILES string of the molecule is O=C(O)/C(=C/c1ccc(-c2cccc(Cl)c2)o1)Sc1nc2ccccc2o1. The van der Waals surface area contributed by atoms with Gasteiger partial charge in [-0.2, -0.15) is 0 Å². The lowest BCUT2D eigenvalue weighted by Gasteiger charge is -1.98. The molecule has 4 rings (SSSR count). The van der Waals surface area contributed by atoms with Crippen LogP contribution in [0.2, 0.25) is 5.02 Å². The maximum Gasteiger partial charge on any atom is 0.342 e. The number of rotatable bonds is 5. The summed E-state index contributed by atoms with van der Waals surface area (Å²) < 4.78 is 11.3. The van der Waals surface area contributed by atoms with Gasteiger partial charge in [0.1, 0.15) is 21.9 Å². The van der Waals surface area contributed by atoms with E-state index < -0.39 is 5.97 Å². The Morgan fingerprint density at radius 3 is 2.70 bits per heavy atom. The molecule has 0 bridgehead atoms. The van der Waals surface area contributed by atoms with Crippen LogP contribution < -0.4 is 0 Å². The molecule has 7 heteroatoms. The third kappa shape index (κ3) is 3.92. The van der Waals surface area contributed by atoms with Crippen molar-refractivity contribution >= 4 is 46.5 Å². The van der Waals surface area contributed by atoms with E-state index >= 15 is 0 Å². The lowest BCUT2D eigenvalue weighted by molar-refractivity contribution is -0.131. The Labute approximate surface area is 163 Å². The minimum absolute atomic E-state index is 0.0357. The van der Waals surface area contributed by atoms with Crippen LogP contribution in [-0.4, -0.2) is 16.1 Å². The molecule has 0 aliphatic carbocycles. The molecule has 0 amide bonds. The molecule has 2 aromatic heterocycles. The normalized spacial score (nSPS) is 11.8. The van der Waals surface area contributed by atoms with Gasteiger partial charge in [0.2, 0.25) is 0 Å². The summed E-state index contributed by atoms with van der Waals surface area (Å²) >= 11 is 6.93. The van der Waals surface area contributed by atoms with Crippen molar-refractivity contribution in [1.29, 1.82) is 0 Å². The molecule has 0 atom stereocenters. The second-order valence-electron chi connectivity index (χ2n) is 5.58. The van der Waals surface area contributed by atoms with Crippen molar-refractivity contribution in [3.63, 3.8) is 0 Å². The van der Waals surface area contributed by atoms with E-state index in [-0.39, 0.29) is 10.1 Å². The van der Waals surface area contributed by atoms with Crippen molar-refractivity contribution in [2.24, 2.45) is 0 Å². The average molecular weight is 398 g/mol. The molecule has 4 aromatic rings. The Morgan fingerprint density at radius 2 is 1.93 bits per heavy atom. The number of carbonyl (C=O) groups is 1. The minimum Gasteiger partial charge on any atom is -0.477 e. The van der Waals surface area contributed by atoms with E-state index in [4.69, 9.17) is 20.4 Å². The molecule has 0 aliphatic rings. The highest BCUT2D eigenvalue weighted by Crippen LogP contribution is 2.32. The molecular weight excluding hydrogens is 386 g/mol. The topological polar surface area (TPSA) is 76.5 Å². The molecule has 134 valence electrons. The number of furan rings is 1. The molecule has 0 unspecified atom stereocenters. The van der Waals surface area contributed by atoms with E-state index in [9.17, 15) is 9.90 Å². The minimum atomic E-state index is -1.09. The second-order valence-corrected chi connectivity index (χ2v) is 7.01. The highest BCUT2D eigenvalue weighted by atomic mass is 35.5. The molecule has 5 nitrogen and oxygen atoms in total. The monoisotopic (exact) mass is 397 g/mol. The molecule has 0 saturated heterocycles. The number of aliphatic carboxylic acids is 1. The fourth-order valence-corrected chi connectivity index (χ4v) is 3.40. The van der Waals surface area contributed by atoms with E-state index in [0.717, 1.165) is 17.3 Å². The predicted octanol–water partition coefficient (Wildman–Crippen LogP) is 5.96. The number of carboxylic acids is 1. The van der Waals surface area contributed by atoms with Crippen molar-refractivity contribution in [1.82, 2.24) is 4.98 Å². The Hall–Kier alpha value is -2.96. The number of carboxylic acid groups (broad SMARTS) is 1. The number of halogens is 1. The van der Waals surface area contributed by atoms with Gasteiger partial charge >= 0.3 is 5.97 Å². The number of fused-ring (bicyclic) bond motifs is 1. The van der Waals surface area contributed by atoms with Crippen LogP contribution in [0.25, 0.3) is 28.5 Å². The molecule has 1 N–H and O–H groups in total. The Balaban J connectivity index is 1.62. The van der Waals surface area contributed by atoms with Crippen LogP contribution in [0, 0.1) is 0 Å². The lowest BCUT2D eigenvalue weighted by atomic mass is 10.2. The van der Waals surface area contributed by atoms with Crippen LogP contribution >= 0.6 is 23.4 Å². The molecule has 0 radical (unpaired) electrons. The first-order chi connectivity index (χ1) is 13.1. The van der Waals surface area contributed by atoms with Crippen molar-refractivity contribution < 1.29 is 18.7 Å². The highest BCUT2D eigenvalue weighted by Gasteiger charge is 2.16. The Kier molecular flexibility index (Phi) is 4.75. The van der Waals surface area contributed by atoms with E-state index in [1.165, 1.54) is 6.08 Å². The van der Waals surface area contributed by atoms with Crippen LogP contribution in [-0.2, 0) is 4.79 Å². The summed E-state index contributed by atoms with van der Waals surface area (Å²) in [6.45, 7) is 0. The van der Waals surface area contributed by atoms with Gasteiger partial charge in [0.05, 0.1) is 0 Å². The van der Waals surface area contributed by atoms with Gasteiger partial charge in [-0.3, -0.25) is 0 Å². The molecule has 27 heavy (non-hydrogen) atoms. The standard InChI is InChI=1S/C20H12ClNO4S/c21-13-5-3-4-12(10-13)16-9-8-14(25-16)11-18(19(23)24)27-20-22-15-6-1-2-7-17(15)26-20/h1-11H,(H,23,24)/b18-11-. The maximum atomic E-state index is 11.6. The van der Waals surface area contributed by atoms with Gasteiger partial charge < -0.3 is 13.9 Å². The Morgan fingerprint density at radius 1 is 1.07 bits per heavy atom. The maximum absolute atomic E-state index is 11.6. The molecule has 2 aromatic carbocycles. The van der Waals surface area contributed by atoms with Gasteiger partial charge in [0.25, 0.3) is 5.22 Å². The first-order valence-corrected chi connectivity index (χ1v) is 9.12. The van der Waals surface area contributed by atoms with Gasteiger partial charge in [0, 0.05) is 16.7 Å². The summed E-state index contributed by atoms with van der Waals surface area (Å²) in [5, 5.41) is 10.4. The molecular formula is C20H12ClNO4S. The summed E-state index contributed by atoms with van der Waals surface area (Å²) in [6, 6.07) is 18.0. The number of nitrogens with zero attached hydrogens (tertiary/aromatic N) is 1. The van der Waals surface area contributed by atoms with Gasteiger partial charge in [-0.15, -0.1) is 0 Å². The number of benzene rings is 2. The summed E-state index contributed by atoms with van der Waals surface area (Å²) in [4.78, 5) is 15.9. The largest absolute Gasteiger partial charge is 0.477 e. The van der Waals surface area contributed by atoms with Crippen LogP contribution in [0.15, 0.2) is 79.6 Å². The lowest BCUT2D eigenvalue weighted by Crippen LogP contribution is -1.96. The van der Waals surface area contributed by atoms with Crippen LogP contribution in [0.5, 0.6) is 0 Å². The van der Waals surface area contributed by atoms with Crippen molar-refractivity contribution in [2.75, 3.05) is 0 Å². The number of thioether (sulfide) groups is 1. The van der Waals surface area contributed by atoms with Crippen molar-refractivity contribution in [3.8, 4) is 11.3 Å². The first-order valence-electron chi connectivity index (χ1n) is 7.93. The average Bonchev–Trinajstić information content (AvgIpc) is 3.27. The molecule has 0 fully saturated rings. The number of oxazole rings is 1. The zero-order chi connectivity index (χ0) is 18.8. The summed E-state index contributed by atoms with van der Waals surface area (Å²) in [5.41, 5.74) is 2.09. The van der Waals surface area contributed by atoms with Crippen molar-refractivity contribution in [2.45, 2.75) is 5.22 Å². The molecule has 0 aliphatic heterocycles. The zero-order valence-corrected chi connectivity index (χ0v) is 15.3. The van der Waals surface area contributed by atoms with Gasteiger partial charge in [-0.05, 0) is 48.2 Å². The van der Waals surface area contributed by atoms with Gasteiger partial charge in [-0.25, -0.2) is 9.78 Å². The molecule has 2 heterocycles. The quantitative estimate of drug-likeness (QED) is 0.331. The summed E-state index contributed by atoms with van der Waals surface area (Å²) in [6.07, 6.45) is 1.44. The van der Waals surface area contributed by atoms with Crippen LogP contribution in [0.4, 0.5) is 0 Å². The predicted molar refractivity (Wildman–Crippen MR) is 105 cm³/mol. The number of hydrogen-bond acceptors (Lipinski definition) is 5. The number of para-hydroxylation sites is 2. The van der Waals surface area contributed by atoms with E-state index in [2.05, 4.69) is 4.98 Å². The summed E-state index contributed by atoms with van der Waals surface area (Å²) in [5.74, 6) is -0.0886. The number of hydrogen-bond donors (Lipinski definition) is 1.